The minimum Gasteiger partial charge on any atom is -0.449 e. The molecule has 8 nitrogen and oxygen atoms in total. The molecule has 1 amide bonds. The Morgan fingerprint density at radius 1 is 1.30 bits per heavy atom. The Balaban J connectivity index is 2.18. The predicted octanol–water partition coefficient (Wildman–Crippen LogP) is 1.17. The third-order valence-corrected chi connectivity index (χ3v) is 5.93. The lowest BCUT2D eigenvalue weighted by atomic mass is 10.2. The highest BCUT2D eigenvalue weighted by Crippen LogP contribution is 2.22. The largest absolute Gasteiger partial charge is 0.449 e. The van der Waals surface area contributed by atoms with E-state index in [1.165, 1.54) is 35.5 Å². The highest BCUT2D eigenvalue weighted by molar-refractivity contribution is 7.89. The van der Waals surface area contributed by atoms with Gasteiger partial charge in [0.1, 0.15) is 0 Å². The van der Waals surface area contributed by atoms with Crippen molar-refractivity contribution in [1.82, 2.24) is 9.62 Å². The molecule has 0 spiro atoms. The first-order valence-corrected chi connectivity index (χ1v) is 10.3. The topological polar surface area (TPSA) is 102 Å². The molecule has 1 aliphatic rings. The lowest BCUT2D eigenvalue weighted by molar-refractivity contribution is -0.128. The zero-order valence-corrected chi connectivity index (χ0v) is 16.8. The summed E-state index contributed by atoms with van der Waals surface area (Å²) in [4.78, 5) is 24.0. The van der Waals surface area contributed by atoms with Gasteiger partial charge in [0.2, 0.25) is 10.0 Å². The van der Waals surface area contributed by atoms with E-state index in [0.29, 0.717) is 6.54 Å². The number of likely N-dealkylation sites (N-methyl/N-ethyl adjacent to an activating group) is 1. The number of nitrogens with zero attached hydrogens (tertiary/aromatic N) is 1. The molecule has 1 heterocycles. The van der Waals surface area contributed by atoms with Gasteiger partial charge in [0.25, 0.3) is 5.91 Å². The van der Waals surface area contributed by atoms with Gasteiger partial charge in [-0.1, -0.05) is 6.07 Å². The molecular weight excluding hydrogens is 372 g/mol. The molecule has 1 saturated heterocycles. The molecule has 0 aromatic heterocycles. The maximum Gasteiger partial charge on any atom is 0.338 e. The third-order valence-electron chi connectivity index (χ3n) is 4.10. The van der Waals surface area contributed by atoms with Gasteiger partial charge in [-0.15, -0.1) is 0 Å². The molecule has 0 saturated carbocycles. The number of hydrogen-bond acceptors (Lipinski definition) is 6. The highest BCUT2D eigenvalue weighted by Gasteiger charge is 2.32. The minimum atomic E-state index is -3.77. The number of amides is 1. The van der Waals surface area contributed by atoms with Crippen LogP contribution in [0, 0.1) is 0 Å². The molecule has 0 unspecified atom stereocenters. The van der Waals surface area contributed by atoms with Crippen molar-refractivity contribution in [3.63, 3.8) is 0 Å². The van der Waals surface area contributed by atoms with E-state index in [9.17, 15) is 18.0 Å². The van der Waals surface area contributed by atoms with Crippen molar-refractivity contribution >= 4 is 21.9 Å². The van der Waals surface area contributed by atoms with Crippen LogP contribution in [-0.4, -0.2) is 62.5 Å². The van der Waals surface area contributed by atoms with Crippen molar-refractivity contribution in [3.8, 4) is 0 Å². The lowest BCUT2D eigenvalue weighted by Gasteiger charge is -2.34. The summed E-state index contributed by atoms with van der Waals surface area (Å²) < 4.78 is 37.9. The molecule has 150 valence electrons. The summed E-state index contributed by atoms with van der Waals surface area (Å²) in [5.74, 6) is -1.17. The summed E-state index contributed by atoms with van der Waals surface area (Å²) in [6.45, 7) is 7.76. The third kappa shape index (κ3) is 5.27. The second-order valence-electron chi connectivity index (χ2n) is 6.55. The molecule has 0 radical (unpaired) electrons. The normalized spacial score (nSPS) is 22.1. The van der Waals surface area contributed by atoms with Gasteiger partial charge in [-0.05, 0) is 45.9 Å². The van der Waals surface area contributed by atoms with Crippen LogP contribution in [0.1, 0.15) is 38.1 Å². The van der Waals surface area contributed by atoms with Gasteiger partial charge < -0.3 is 14.8 Å². The van der Waals surface area contributed by atoms with E-state index in [-0.39, 0.29) is 35.8 Å². The Bertz CT molecular complexity index is 785. The summed E-state index contributed by atoms with van der Waals surface area (Å²) in [6, 6.07) is 5.64. The van der Waals surface area contributed by atoms with Crippen LogP contribution in [0.4, 0.5) is 0 Å². The first kappa shape index (κ1) is 21.3. The molecule has 0 bridgehead atoms. The number of nitrogens with one attached hydrogen (secondary N) is 1. The number of sulfonamides is 1. The average Bonchev–Trinajstić information content (AvgIpc) is 2.61. The van der Waals surface area contributed by atoms with Crippen molar-refractivity contribution < 1.29 is 27.5 Å². The van der Waals surface area contributed by atoms with Crippen LogP contribution >= 0.6 is 0 Å². The Hall–Kier alpha value is -1.97. The minimum absolute atomic E-state index is 0.00362. The van der Waals surface area contributed by atoms with Crippen molar-refractivity contribution in [2.24, 2.45) is 0 Å². The number of carbonyl (C=O) groups excluding carboxylic acids is 2. The van der Waals surface area contributed by atoms with Gasteiger partial charge in [0.05, 0.1) is 22.7 Å². The van der Waals surface area contributed by atoms with E-state index in [4.69, 9.17) is 9.47 Å². The Labute approximate surface area is 159 Å². The molecule has 27 heavy (non-hydrogen) atoms. The van der Waals surface area contributed by atoms with Crippen LogP contribution in [-0.2, 0) is 24.3 Å². The number of hydrogen-bond donors (Lipinski definition) is 1. The molecule has 2 rings (SSSR count). The van der Waals surface area contributed by atoms with Crippen LogP contribution in [0.5, 0.6) is 0 Å². The number of rotatable bonds is 6. The van der Waals surface area contributed by atoms with Crippen LogP contribution in [0.3, 0.4) is 0 Å². The molecule has 1 aromatic rings. The summed E-state index contributed by atoms with van der Waals surface area (Å²) >= 11 is 0. The molecule has 1 N–H and O–H groups in total. The number of benzene rings is 1. The van der Waals surface area contributed by atoms with Crippen LogP contribution in [0.15, 0.2) is 29.2 Å². The average molecular weight is 398 g/mol. The van der Waals surface area contributed by atoms with Gasteiger partial charge in [0.15, 0.2) is 6.10 Å². The molecule has 3 atom stereocenters. The van der Waals surface area contributed by atoms with E-state index in [1.807, 2.05) is 13.8 Å². The maximum absolute atomic E-state index is 12.9. The molecule has 1 aromatic carbocycles. The molecule has 9 heteroatoms. The van der Waals surface area contributed by atoms with Gasteiger partial charge in [-0.25, -0.2) is 13.2 Å². The van der Waals surface area contributed by atoms with E-state index in [0.717, 1.165) is 0 Å². The summed E-state index contributed by atoms with van der Waals surface area (Å²) in [5.41, 5.74) is 0.0709. The first-order chi connectivity index (χ1) is 12.6. The molecule has 1 aliphatic heterocycles. The standard InChI is InChI=1S/C18H26N2O6S/c1-5-19-17(21)14(4)26-18(22)15-7-6-8-16(9-15)27(23,24)20-10-12(2)25-13(3)11-20/h6-9,12-14H,5,10-11H2,1-4H3,(H,19,21)/t12-,13-,14+/m1/s1. The zero-order valence-electron chi connectivity index (χ0n) is 16.0. The zero-order chi connectivity index (χ0) is 20.2. The van der Waals surface area contributed by atoms with E-state index in [1.54, 1.807) is 6.92 Å². The fourth-order valence-corrected chi connectivity index (χ4v) is 4.50. The summed E-state index contributed by atoms with van der Waals surface area (Å²) in [6.07, 6.45) is -1.40. The second-order valence-corrected chi connectivity index (χ2v) is 8.49. The Kier molecular flexibility index (Phi) is 6.96. The number of morpholine rings is 1. The first-order valence-electron chi connectivity index (χ1n) is 8.89. The van der Waals surface area contributed by atoms with Gasteiger partial charge >= 0.3 is 5.97 Å². The van der Waals surface area contributed by atoms with Crippen molar-refractivity contribution in [1.29, 1.82) is 0 Å². The lowest BCUT2D eigenvalue weighted by Crippen LogP contribution is -2.48. The van der Waals surface area contributed by atoms with Crippen LogP contribution in [0.25, 0.3) is 0 Å². The van der Waals surface area contributed by atoms with Crippen molar-refractivity contribution in [2.75, 3.05) is 19.6 Å². The molecule has 0 aliphatic carbocycles. The fourth-order valence-electron chi connectivity index (χ4n) is 2.86. The smallest absolute Gasteiger partial charge is 0.338 e. The number of ether oxygens (including phenoxy) is 2. The van der Waals surface area contributed by atoms with Gasteiger partial charge in [-0.2, -0.15) is 4.31 Å². The predicted molar refractivity (Wildman–Crippen MR) is 98.8 cm³/mol. The van der Waals surface area contributed by atoms with E-state index < -0.39 is 28.0 Å². The molecular formula is C18H26N2O6S. The highest BCUT2D eigenvalue weighted by atomic mass is 32.2. The Morgan fingerprint density at radius 2 is 1.93 bits per heavy atom. The number of carbonyl (C=O) groups is 2. The fraction of sp³-hybridized carbons (Fsp3) is 0.556. The van der Waals surface area contributed by atoms with Crippen LogP contribution in [0.2, 0.25) is 0 Å². The SMILES string of the molecule is CCNC(=O)[C@H](C)OC(=O)c1cccc(S(=O)(=O)N2C[C@@H](C)O[C@H](C)C2)c1. The number of esters is 1. The van der Waals surface area contributed by atoms with Crippen LogP contribution < -0.4 is 5.32 Å². The summed E-state index contributed by atoms with van der Waals surface area (Å²) in [7, 11) is -3.77. The van der Waals surface area contributed by atoms with Crippen molar-refractivity contribution in [2.45, 2.75) is 50.9 Å². The van der Waals surface area contributed by atoms with E-state index >= 15 is 0 Å². The summed E-state index contributed by atoms with van der Waals surface area (Å²) in [5, 5.41) is 2.56. The van der Waals surface area contributed by atoms with E-state index in [2.05, 4.69) is 5.32 Å². The molecule has 1 fully saturated rings. The van der Waals surface area contributed by atoms with Gasteiger partial charge in [0, 0.05) is 19.6 Å². The maximum atomic E-state index is 12.9. The van der Waals surface area contributed by atoms with Crippen molar-refractivity contribution in [3.05, 3.63) is 29.8 Å². The monoisotopic (exact) mass is 398 g/mol. The second kappa shape index (κ2) is 8.81. The van der Waals surface area contributed by atoms with Gasteiger partial charge in [-0.3, -0.25) is 4.79 Å². The Morgan fingerprint density at radius 3 is 2.52 bits per heavy atom. The quantitative estimate of drug-likeness (QED) is 0.722.